The summed E-state index contributed by atoms with van der Waals surface area (Å²) < 4.78 is 0. The Bertz CT molecular complexity index is 1550. The van der Waals surface area contributed by atoms with Crippen LogP contribution in [-0.4, -0.2) is 5.78 Å². The second kappa shape index (κ2) is 11.0. The Labute approximate surface area is 228 Å². The van der Waals surface area contributed by atoms with Gasteiger partial charge in [0.25, 0.3) is 0 Å². The summed E-state index contributed by atoms with van der Waals surface area (Å²) >= 11 is 0. The summed E-state index contributed by atoms with van der Waals surface area (Å²) in [5, 5.41) is 0. The van der Waals surface area contributed by atoms with E-state index in [1.54, 1.807) is 0 Å². The lowest BCUT2D eigenvalue weighted by atomic mass is 9.87. The van der Waals surface area contributed by atoms with Crippen LogP contribution < -0.4 is 0 Å². The van der Waals surface area contributed by atoms with Crippen molar-refractivity contribution in [3.63, 3.8) is 0 Å². The van der Waals surface area contributed by atoms with Gasteiger partial charge in [-0.05, 0) is 64.4 Å². The van der Waals surface area contributed by atoms with Gasteiger partial charge in [0.05, 0.1) is 0 Å². The van der Waals surface area contributed by atoms with Gasteiger partial charge >= 0.3 is 0 Å². The molecule has 0 aliphatic heterocycles. The first-order valence-electron chi connectivity index (χ1n) is 13.0. The molecule has 0 fully saturated rings. The first-order valence-corrected chi connectivity index (χ1v) is 13.0. The van der Waals surface area contributed by atoms with E-state index >= 15 is 0 Å². The molecule has 0 spiro atoms. The highest BCUT2D eigenvalue weighted by molar-refractivity contribution is 6.09. The minimum Gasteiger partial charge on any atom is -0.289 e. The smallest absolute Gasteiger partial charge is 0.193 e. The highest BCUT2D eigenvalue weighted by atomic mass is 16.1. The minimum absolute atomic E-state index is 0.0274. The molecule has 4 rings (SSSR count). The normalized spacial score (nSPS) is 11.1. The number of benzene rings is 4. The summed E-state index contributed by atoms with van der Waals surface area (Å²) in [6.07, 6.45) is 0. The second-order valence-electron chi connectivity index (χ2n) is 11.6. The molecule has 0 bridgehead atoms. The molecule has 1 heteroatoms. The lowest BCUT2D eigenvalue weighted by molar-refractivity contribution is 0.103. The summed E-state index contributed by atoms with van der Waals surface area (Å²) in [5.74, 6) is 13.1. The van der Waals surface area contributed by atoms with E-state index in [4.69, 9.17) is 0 Å². The van der Waals surface area contributed by atoms with E-state index in [9.17, 15) is 4.79 Å². The van der Waals surface area contributed by atoms with Gasteiger partial charge in [0, 0.05) is 33.4 Å². The number of rotatable bonds is 2. The fraction of sp³-hybridized carbons (Fsp3) is 0.216. The fourth-order valence-electron chi connectivity index (χ4n) is 4.04. The van der Waals surface area contributed by atoms with Crippen LogP contribution in [0.15, 0.2) is 97.1 Å². The van der Waals surface area contributed by atoms with Crippen molar-refractivity contribution in [2.24, 2.45) is 0 Å². The molecular formula is C37H34O. The van der Waals surface area contributed by atoms with Crippen molar-refractivity contribution >= 4 is 5.78 Å². The summed E-state index contributed by atoms with van der Waals surface area (Å²) in [7, 11) is 0. The lowest BCUT2D eigenvalue weighted by Crippen LogP contribution is -2.10. The van der Waals surface area contributed by atoms with Crippen LogP contribution in [-0.2, 0) is 10.8 Å². The summed E-state index contributed by atoms with van der Waals surface area (Å²) in [6.45, 7) is 13.2. The molecule has 0 heterocycles. The van der Waals surface area contributed by atoms with Crippen molar-refractivity contribution in [1.29, 1.82) is 0 Å². The van der Waals surface area contributed by atoms with Crippen molar-refractivity contribution in [3.05, 3.63) is 142 Å². The van der Waals surface area contributed by atoms with E-state index < -0.39 is 0 Å². The van der Waals surface area contributed by atoms with Gasteiger partial charge < -0.3 is 0 Å². The average molecular weight is 495 g/mol. The van der Waals surface area contributed by atoms with Crippen LogP contribution in [0.4, 0.5) is 0 Å². The van der Waals surface area contributed by atoms with E-state index in [1.807, 2.05) is 48.5 Å². The molecule has 0 saturated heterocycles. The van der Waals surface area contributed by atoms with Crippen LogP contribution in [0.25, 0.3) is 0 Å². The molecule has 0 aliphatic rings. The van der Waals surface area contributed by atoms with Gasteiger partial charge in [-0.2, -0.15) is 0 Å². The predicted molar refractivity (Wildman–Crippen MR) is 159 cm³/mol. The standard InChI is InChI=1S/C37H34O/c1-36(2,3)33-22-14-27(15-23-33)12-18-29-20-21-32(35(38)30-10-8-7-9-11-30)26-31(29)19-13-28-16-24-34(25-17-28)37(4,5)6/h7-11,14-17,20-26H,1-6H3. The molecular weight excluding hydrogens is 460 g/mol. The van der Waals surface area contributed by atoms with Gasteiger partial charge in [-0.15, -0.1) is 0 Å². The van der Waals surface area contributed by atoms with Crippen LogP contribution in [0, 0.1) is 23.7 Å². The third-order valence-electron chi connectivity index (χ3n) is 6.50. The van der Waals surface area contributed by atoms with Gasteiger partial charge in [0.15, 0.2) is 5.78 Å². The first kappa shape index (κ1) is 26.7. The molecule has 38 heavy (non-hydrogen) atoms. The number of ketones is 1. The third kappa shape index (κ3) is 6.70. The van der Waals surface area contributed by atoms with Crippen molar-refractivity contribution in [3.8, 4) is 23.7 Å². The molecule has 0 N–H and O–H groups in total. The number of hydrogen-bond acceptors (Lipinski definition) is 1. The monoisotopic (exact) mass is 494 g/mol. The van der Waals surface area contributed by atoms with E-state index in [0.717, 1.165) is 22.3 Å². The minimum atomic E-state index is -0.0274. The molecule has 4 aromatic carbocycles. The molecule has 0 aliphatic carbocycles. The van der Waals surface area contributed by atoms with E-state index in [0.29, 0.717) is 11.1 Å². The average Bonchev–Trinajstić information content (AvgIpc) is 2.90. The van der Waals surface area contributed by atoms with Crippen LogP contribution in [0.1, 0.15) is 90.8 Å². The van der Waals surface area contributed by atoms with Gasteiger partial charge in [0.2, 0.25) is 0 Å². The molecule has 188 valence electrons. The van der Waals surface area contributed by atoms with Crippen molar-refractivity contribution in [2.45, 2.75) is 52.4 Å². The maximum Gasteiger partial charge on any atom is 0.193 e. The van der Waals surface area contributed by atoms with Gasteiger partial charge in [0.1, 0.15) is 0 Å². The first-order chi connectivity index (χ1) is 18.0. The summed E-state index contributed by atoms with van der Waals surface area (Å²) in [6, 6.07) is 31.7. The zero-order valence-corrected chi connectivity index (χ0v) is 23.1. The van der Waals surface area contributed by atoms with E-state index in [-0.39, 0.29) is 16.6 Å². The fourth-order valence-corrected chi connectivity index (χ4v) is 4.04. The maximum atomic E-state index is 13.1. The van der Waals surface area contributed by atoms with Crippen molar-refractivity contribution < 1.29 is 4.79 Å². The SMILES string of the molecule is CC(C)(C)c1ccc(C#Cc2ccc(C(=O)c3ccccc3)cc2C#Cc2ccc(C(C)(C)C)cc2)cc1. The Balaban J connectivity index is 1.71. The largest absolute Gasteiger partial charge is 0.289 e. The zero-order chi connectivity index (χ0) is 27.3. The van der Waals surface area contributed by atoms with Crippen LogP contribution in [0.3, 0.4) is 0 Å². The van der Waals surface area contributed by atoms with Crippen molar-refractivity contribution in [2.75, 3.05) is 0 Å². The van der Waals surface area contributed by atoms with Crippen LogP contribution in [0.5, 0.6) is 0 Å². The Morgan fingerprint density at radius 1 is 0.500 bits per heavy atom. The lowest BCUT2D eigenvalue weighted by Gasteiger charge is -2.18. The molecule has 4 aromatic rings. The predicted octanol–water partition coefficient (Wildman–Crippen LogP) is 8.31. The molecule has 1 nitrogen and oxygen atoms in total. The zero-order valence-electron chi connectivity index (χ0n) is 23.1. The third-order valence-corrected chi connectivity index (χ3v) is 6.50. The topological polar surface area (TPSA) is 17.1 Å². The van der Waals surface area contributed by atoms with E-state index in [2.05, 4.69) is 114 Å². The second-order valence-corrected chi connectivity index (χ2v) is 11.6. The number of carbonyl (C=O) groups is 1. The number of hydrogen-bond donors (Lipinski definition) is 0. The Morgan fingerprint density at radius 2 is 0.974 bits per heavy atom. The maximum absolute atomic E-state index is 13.1. The Hall–Kier alpha value is -4.33. The van der Waals surface area contributed by atoms with Crippen molar-refractivity contribution in [1.82, 2.24) is 0 Å². The molecule has 0 saturated carbocycles. The number of carbonyl (C=O) groups excluding carboxylic acids is 1. The summed E-state index contributed by atoms with van der Waals surface area (Å²) in [5.41, 5.74) is 7.39. The Kier molecular flexibility index (Phi) is 7.71. The quantitative estimate of drug-likeness (QED) is 0.202. The summed E-state index contributed by atoms with van der Waals surface area (Å²) in [4.78, 5) is 13.1. The molecule has 0 aromatic heterocycles. The van der Waals surface area contributed by atoms with Crippen LogP contribution >= 0.6 is 0 Å². The molecule has 0 amide bonds. The Morgan fingerprint density at radius 3 is 1.45 bits per heavy atom. The molecule has 0 atom stereocenters. The highest BCUT2D eigenvalue weighted by Gasteiger charge is 2.14. The highest BCUT2D eigenvalue weighted by Crippen LogP contribution is 2.23. The van der Waals surface area contributed by atoms with Gasteiger partial charge in [-0.3, -0.25) is 4.79 Å². The molecule has 0 unspecified atom stereocenters. The van der Waals surface area contributed by atoms with E-state index in [1.165, 1.54) is 11.1 Å². The van der Waals surface area contributed by atoms with Crippen LogP contribution in [0.2, 0.25) is 0 Å². The van der Waals surface area contributed by atoms with Gasteiger partial charge in [-0.1, -0.05) is 120 Å². The molecule has 0 radical (unpaired) electrons. The van der Waals surface area contributed by atoms with Gasteiger partial charge in [-0.25, -0.2) is 0 Å².